The summed E-state index contributed by atoms with van der Waals surface area (Å²) in [6.45, 7) is 1.67. The Balaban J connectivity index is 2.94. The average Bonchev–Trinajstić information content (AvgIpc) is 2.42. The van der Waals surface area contributed by atoms with E-state index in [2.05, 4.69) is 4.98 Å². The van der Waals surface area contributed by atoms with Gasteiger partial charge in [-0.05, 0) is 6.92 Å². The highest BCUT2D eigenvalue weighted by atomic mass is 35.5. The fourth-order valence-corrected chi connectivity index (χ4v) is 2.61. The van der Waals surface area contributed by atoms with E-state index >= 15 is 0 Å². The molecule has 78 valence electrons. The number of carbonyl (C=O) groups is 1. The first-order valence-electron chi connectivity index (χ1n) is 3.92. The summed E-state index contributed by atoms with van der Waals surface area (Å²) in [5.74, 6) is -1.12. The fraction of sp³-hybridized carbons (Fsp3) is 0.125. The number of hydrogen-bond acceptors (Lipinski definition) is 4. The van der Waals surface area contributed by atoms with Crippen molar-refractivity contribution in [2.24, 2.45) is 0 Å². The van der Waals surface area contributed by atoms with Gasteiger partial charge in [-0.15, -0.1) is 0 Å². The Labute approximate surface area is 92.6 Å². The summed E-state index contributed by atoms with van der Waals surface area (Å²) < 4.78 is 1.44. The molecule has 0 fully saturated rings. The molecule has 0 saturated carbocycles. The summed E-state index contributed by atoms with van der Waals surface area (Å²) in [5.41, 5.74) is 0.168. The SMILES string of the molecule is Cc1cc(=O)nc2sc(C(=O)O)c(Cl)n12. The molecule has 0 amide bonds. The summed E-state index contributed by atoms with van der Waals surface area (Å²) in [6, 6.07) is 1.30. The number of aromatic nitrogens is 2. The Morgan fingerprint density at radius 2 is 2.33 bits per heavy atom. The van der Waals surface area contributed by atoms with E-state index < -0.39 is 11.5 Å². The largest absolute Gasteiger partial charge is 0.477 e. The van der Waals surface area contributed by atoms with Crippen LogP contribution in [0.25, 0.3) is 4.96 Å². The number of halogens is 1. The van der Waals surface area contributed by atoms with Crippen molar-refractivity contribution in [2.45, 2.75) is 6.92 Å². The third kappa shape index (κ3) is 1.51. The molecule has 0 atom stereocenters. The molecule has 2 rings (SSSR count). The normalized spacial score (nSPS) is 10.8. The number of nitrogens with zero attached hydrogens (tertiary/aromatic N) is 2. The van der Waals surface area contributed by atoms with Crippen LogP contribution in [0.4, 0.5) is 0 Å². The number of thiazole rings is 1. The summed E-state index contributed by atoms with van der Waals surface area (Å²) in [5, 5.41) is 8.91. The van der Waals surface area contributed by atoms with E-state index in [9.17, 15) is 9.59 Å². The van der Waals surface area contributed by atoms with Crippen molar-refractivity contribution in [2.75, 3.05) is 0 Å². The van der Waals surface area contributed by atoms with Crippen molar-refractivity contribution >= 4 is 33.9 Å². The molecule has 0 aliphatic rings. The monoisotopic (exact) mass is 244 g/mol. The maximum absolute atomic E-state index is 11.1. The zero-order valence-electron chi connectivity index (χ0n) is 7.52. The second-order valence-corrected chi connectivity index (χ2v) is 4.22. The number of carboxylic acids is 1. The van der Waals surface area contributed by atoms with Crippen LogP contribution in [-0.2, 0) is 0 Å². The van der Waals surface area contributed by atoms with Gasteiger partial charge in [0.15, 0.2) is 9.84 Å². The van der Waals surface area contributed by atoms with E-state index in [-0.39, 0.29) is 10.0 Å². The number of carboxylic acid groups (broad SMARTS) is 1. The lowest BCUT2D eigenvalue weighted by Gasteiger charge is -1.98. The van der Waals surface area contributed by atoms with Gasteiger partial charge < -0.3 is 5.11 Å². The average molecular weight is 245 g/mol. The minimum atomic E-state index is -1.12. The molecule has 2 aromatic heterocycles. The second kappa shape index (κ2) is 3.32. The topological polar surface area (TPSA) is 71.7 Å². The molecule has 2 aromatic rings. The Kier molecular flexibility index (Phi) is 2.24. The van der Waals surface area contributed by atoms with Crippen LogP contribution >= 0.6 is 22.9 Å². The molecule has 0 spiro atoms. The fourth-order valence-electron chi connectivity index (χ4n) is 1.24. The molecule has 0 aliphatic heterocycles. The van der Waals surface area contributed by atoms with Crippen molar-refractivity contribution in [1.82, 2.24) is 9.38 Å². The molecular weight excluding hydrogens is 240 g/mol. The van der Waals surface area contributed by atoms with Crippen LogP contribution in [0.3, 0.4) is 0 Å². The third-order valence-electron chi connectivity index (χ3n) is 1.85. The van der Waals surface area contributed by atoms with E-state index in [0.29, 0.717) is 10.7 Å². The Hall–Kier alpha value is -1.40. The van der Waals surface area contributed by atoms with Gasteiger partial charge in [-0.25, -0.2) is 4.79 Å². The number of rotatable bonds is 1. The highest BCUT2D eigenvalue weighted by Crippen LogP contribution is 2.26. The summed E-state index contributed by atoms with van der Waals surface area (Å²) in [7, 11) is 0. The second-order valence-electron chi connectivity index (χ2n) is 2.88. The molecule has 0 saturated heterocycles. The Morgan fingerprint density at radius 3 is 2.93 bits per heavy atom. The Morgan fingerprint density at radius 1 is 1.67 bits per heavy atom. The molecule has 7 heteroatoms. The summed E-state index contributed by atoms with van der Waals surface area (Å²) in [4.78, 5) is 25.8. The van der Waals surface area contributed by atoms with E-state index in [4.69, 9.17) is 16.7 Å². The smallest absolute Gasteiger partial charge is 0.349 e. The number of hydrogen-bond donors (Lipinski definition) is 1. The zero-order valence-corrected chi connectivity index (χ0v) is 9.09. The molecule has 0 aliphatic carbocycles. The molecule has 0 unspecified atom stereocenters. The van der Waals surface area contributed by atoms with Gasteiger partial charge in [-0.3, -0.25) is 9.20 Å². The Bertz CT molecular complexity index is 616. The van der Waals surface area contributed by atoms with Crippen molar-refractivity contribution in [3.05, 3.63) is 32.1 Å². The predicted molar refractivity (Wildman–Crippen MR) is 56.0 cm³/mol. The van der Waals surface area contributed by atoms with Gasteiger partial charge in [0, 0.05) is 11.8 Å². The summed E-state index contributed by atoms with van der Waals surface area (Å²) >= 11 is 6.74. The molecule has 2 heterocycles. The van der Waals surface area contributed by atoms with Crippen molar-refractivity contribution in [1.29, 1.82) is 0 Å². The molecular formula is C8H5ClN2O3S. The van der Waals surface area contributed by atoms with Gasteiger partial charge in [0.2, 0.25) is 0 Å². The van der Waals surface area contributed by atoms with Crippen LogP contribution in [0.1, 0.15) is 15.4 Å². The lowest BCUT2D eigenvalue weighted by atomic mass is 10.4. The van der Waals surface area contributed by atoms with Crippen LogP contribution < -0.4 is 5.56 Å². The van der Waals surface area contributed by atoms with Gasteiger partial charge in [0.25, 0.3) is 5.56 Å². The highest BCUT2D eigenvalue weighted by Gasteiger charge is 2.17. The molecule has 0 bridgehead atoms. The van der Waals surface area contributed by atoms with Crippen LogP contribution in [0.5, 0.6) is 0 Å². The van der Waals surface area contributed by atoms with Gasteiger partial charge in [-0.2, -0.15) is 4.98 Å². The maximum Gasteiger partial charge on any atom is 0.349 e. The molecule has 0 radical (unpaired) electrons. The van der Waals surface area contributed by atoms with E-state index in [1.54, 1.807) is 6.92 Å². The van der Waals surface area contributed by atoms with Crippen LogP contribution in [-0.4, -0.2) is 20.5 Å². The molecule has 5 nitrogen and oxygen atoms in total. The predicted octanol–water partition coefficient (Wildman–Crippen LogP) is 1.42. The van der Waals surface area contributed by atoms with Crippen molar-refractivity contribution in [3.8, 4) is 0 Å². The highest BCUT2D eigenvalue weighted by molar-refractivity contribution is 7.19. The third-order valence-corrected chi connectivity index (χ3v) is 3.35. The number of aryl methyl sites for hydroxylation is 1. The quantitative estimate of drug-likeness (QED) is 0.823. The van der Waals surface area contributed by atoms with E-state index in [1.165, 1.54) is 10.5 Å². The minimum absolute atomic E-state index is 0.0159. The number of aromatic carboxylic acids is 1. The van der Waals surface area contributed by atoms with E-state index in [0.717, 1.165) is 11.3 Å². The molecule has 15 heavy (non-hydrogen) atoms. The first-order valence-corrected chi connectivity index (χ1v) is 5.12. The van der Waals surface area contributed by atoms with E-state index in [1.807, 2.05) is 0 Å². The van der Waals surface area contributed by atoms with Crippen LogP contribution in [0.2, 0.25) is 5.15 Å². The van der Waals surface area contributed by atoms with Gasteiger partial charge >= 0.3 is 5.97 Å². The molecule has 0 aromatic carbocycles. The first kappa shape index (κ1) is 10.1. The zero-order chi connectivity index (χ0) is 11.2. The van der Waals surface area contributed by atoms with Gasteiger partial charge in [-0.1, -0.05) is 22.9 Å². The lowest BCUT2D eigenvalue weighted by Crippen LogP contribution is -2.08. The first-order chi connectivity index (χ1) is 7.00. The summed E-state index contributed by atoms with van der Waals surface area (Å²) in [6.07, 6.45) is 0. The van der Waals surface area contributed by atoms with Crippen molar-refractivity contribution in [3.63, 3.8) is 0 Å². The standard InChI is InChI=1S/C8H5ClN2O3S/c1-3-2-4(12)10-8-11(3)6(9)5(15-8)7(13)14/h2H,1H3,(H,13,14). The van der Waals surface area contributed by atoms with Crippen LogP contribution in [0, 0.1) is 6.92 Å². The minimum Gasteiger partial charge on any atom is -0.477 e. The van der Waals surface area contributed by atoms with Gasteiger partial charge in [0.1, 0.15) is 5.15 Å². The lowest BCUT2D eigenvalue weighted by molar-refractivity contribution is 0.0702. The maximum atomic E-state index is 11.1. The van der Waals surface area contributed by atoms with Crippen molar-refractivity contribution < 1.29 is 9.90 Å². The number of fused-ring (bicyclic) bond motifs is 1. The van der Waals surface area contributed by atoms with Crippen LogP contribution in [0.15, 0.2) is 10.9 Å². The molecule has 1 N–H and O–H groups in total. The van der Waals surface area contributed by atoms with Gasteiger partial charge in [0.05, 0.1) is 0 Å².